The van der Waals surface area contributed by atoms with Crippen LogP contribution in [-0.4, -0.2) is 18.8 Å². The molecule has 0 unspecified atom stereocenters. The van der Waals surface area contributed by atoms with E-state index in [1.165, 1.54) is 33.4 Å². The maximum atomic E-state index is 10.4. The topological polar surface area (TPSA) is 20.2 Å². The lowest BCUT2D eigenvalue weighted by molar-refractivity contribution is 0.143. The van der Waals surface area contributed by atoms with E-state index in [1.54, 1.807) is 13.8 Å². The van der Waals surface area contributed by atoms with Crippen LogP contribution in [0.4, 0.5) is 0 Å². The Bertz CT molecular complexity index is 1740. The number of hydrogen-bond acceptors (Lipinski definition) is 1. The Morgan fingerprint density at radius 1 is 0.317 bits per heavy atom. The van der Waals surface area contributed by atoms with Gasteiger partial charge in [-0.1, -0.05) is 218 Å². The van der Waals surface area contributed by atoms with Crippen LogP contribution in [0.1, 0.15) is 212 Å². The molecule has 0 aliphatic rings. The fourth-order valence-electron chi connectivity index (χ4n) is 6.48. The second-order valence-electron chi connectivity index (χ2n) is 17.6. The van der Waals surface area contributed by atoms with Crippen molar-refractivity contribution in [2.75, 3.05) is 0 Å². The van der Waals surface area contributed by atoms with Crippen LogP contribution in [0.2, 0.25) is 19.6 Å². The van der Waals surface area contributed by atoms with Crippen LogP contribution in [-0.2, 0) is 0 Å². The largest absolute Gasteiger partial charge is 0.378 e. The van der Waals surface area contributed by atoms with Gasteiger partial charge >= 0.3 is 0 Å². The lowest BCUT2D eigenvalue weighted by atomic mass is 9.95. The van der Waals surface area contributed by atoms with E-state index in [4.69, 9.17) is 0 Å². The molecule has 0 rings (SSSR count). The third kappa shape index (κ3) is 25.1. The molecule has 0 fully saturated rings. The summed E-state index contributed by atoms with van der Waals surface area (Å²) in [6.45, 7) is 32.7. The van der Waals surface area contributed by atoms with E-state index in [2.05, 4.69) is 160 Å². The van der Waals surface area contributed by atoms with Gasteiger partial charge in [-0.15, -0.1) is 5.54 Å². The van der Waals surface area contributed by atoms with Crippen LogP contribution in [0, 0.1) is 70.7 Å². The molecule has 0 aromatic carbocycles. The summed E-state index contributed by atoms with van der Waals surface area (Å²) >= 11 is 0. The van der Waals surface area contributed by atoms with Gasteiger partial charge in [-0.05, 0) is 78.1 Å². The van der Waals surface area contributed by atoms with Crippen molar-refractivity contribution in [3.8, 4) is 70.7 Å². The van der Waals surface area contributed by atoms with Crippen molar-refractivity contribution in [2.45, 2.75) is 237 Å². The minimum Gasteiger partial charge on any atom is -0.378 e. The summed E-state index contributed by atoms with van der Waals surface area (Å²) in [5, 5.41) is 10.4. The van der Waals surface area contributed by atoms with Crippen molar-refractivity contribution in [2.24, 2.45) is 0 Å². The quantitative estimate of drug-likeness (QED) is 0.0958. The number of allylic oxidation sites excluding steroid dienone is 10. The van der Waals surface area contributed by atoms with Crippen molar-refractivity contribution in [1.29, 1.82) is 0 Å². The zero-order chi connectivity index (χ0) is 45.4. The molecule has 0 bridgehead atoms. The highest BCUT2D eigenvalue weighted by Crippen LogP contribution is 2.23. The Kier molecular flexibility index (Phi) is 30.9. The minimum atomic E-state index is -1.51. The molecule has 0 aromatic rings. The first kappa shape index (κ1) is 56.2. The standard InChI is InChI=1S/C58H86OSi/c1-16-26-48(36-38-50(28-18-3)52(30-20-5)40-42-54(32-22-7)56(34-24-9)44-46-58(11,12)59)49(27-17-2)37-39-51(29-19-4)53(31-21-6)41-43-55(33-23-8)57(35-25-10)45-47-60(13,14)15/h59H,16-35H2,1-15H3/b49-48+,52-50+,53-51+,56-54+,57-55+. The molecular weight excluding hydrogens is 741 g/mol. The van der Waals surface area contributed by atoms with Gasteiger partial charge < -0.3 is 5.11 Å². The maximum Gasteiger partial charge on any atom is 0.129 e. The van der Waals surface area contributed by atoms with Gasteiger partial charge in [-0.3, -0.25) is 0 Å². The van der Waals surface area contributed by atoms with Crippen molar-refractivity contribution in [1.82, 2.24) is 0 Å². The average molecular weight is 827 g/mol. The summed E-state index contributed by atoms with van der Waals surface area (Å²) in [5.74, 6) is 39.4. The molecule has 1 N–H and O–H groups in total. The van der Waals surface area contributed by atoms with E-state index in [0.717, 1.165) is 151 Å². The average Bonchev–Trinajstić information content (AvgIpc) is 3.19. The van der Waals surface area contributed by atoms with Crippen LogP contribution in [0.15, 0.2) is 55.7 Å². The molecule has 0 amide bonds. The smallest absolute Gasteiger partial charge is 0.129 e. The van der Waals surface area contributed by atoms with Crippen molar-refractivity contribution < 1.29 is 5.11 Å². The molecule has 0 radical (unpaired) electrons. The maximum absolute atomic E-state index is 10.4. The van der Waals surface area contributed by atoms with Crippen LogP contribution in [0.3, 0.4) is 0 Å². The van der Waals surface area contributed by atoms with Gasteiger partial charge in [0.05, 0.1) is 0 Å². The molecule has 0 aromatic heterocycles. The molecular formula is C58H86OSi. The molecule has 0 heterocycles. The zero-order valence-corrected chi connectivity index (χ0v) is 42.6. The molecule has 0 aliphatic heterocycles. The van der Waals surface area contributed by atoms with E-state index in [1.807, 2.05) is 0 Å². The Morgan fingerprint density at radius 3 is 0.633 bits per heavy atom. The first-order valence-corrected chi connectivity index (χ1v) is 27.6. The van der Waals surface area contributed by atoms with E-state index < -0.39 is 13.7 Å². The van der Waals surface area contributed by atoms with Gasteiger partial charge in [0.25, 0.3) is 0 Å². The zero-order valence-electron chi connectivity index (χ0n) is 41.6. The Balaban J connectivity index is 8.02. The van der Waals surface area contributed by atoms with Crippen LogP contribution in [0.5, 0.6) is 0 Å². The van der Waals surface area contributed by atoms with Crippen molar-refractivity contribution >= 4 is 8.07 Å². The van der Waals surface area contributed by atoms with Gasteiger partial charge in [0.15, 0.2) is 0 Å². The van der Waals surface area contributed by atoms with Gasteiger partial charge in [0.1, 0.15) is 13.7 Å². The summed E-state index contributed by atoms with van der Waals surface area (Å²) in [7, 11) is -1.51. The van der Waals surface area contributed by atoms with Gasteiger partial charge in [-0.2, -0.15) is 0 Å². The highest BCUT2D eigenvalue weighted by molar-refractivity contribution is 6.83. The third-order valence-corrected chi connectivity index (χ3v) is 10.3. The lowest BCUT2D eigenvalue weighted by Gasteiger charge is -2.09. The summed E-state index contributed by atoms with van der Waals surface area (Å²) in [5.41, 5.74) is 14.2. The fourth-order valence-corrected chi connectivity index (χ4v) is 7.01. The van der Waals surface area contributed by atoms with E-state index in [0.29, 0.717) is 0 Å². The predicted molar refractivity (Wildman–Crippen MR) is 271 cm³/mol. The van der Waals surface area contributed by atoms with E-state index >= 15 is 0 Å². The van der Waals surface area contributed by atoms with Gasteiger partial charge in [0.2, 0.25) is 0 Å². The molecule has 0 saturated carbocycles. The van der Waals surface area contributed by atoms with Crippen molar-refractivity contribution in [3.05, 3.63) is 55.7 Å². The highest BCUT2D eigenvalue weighted by Gasteiger charge is 2.11. The van der Waals surface area contributed by atoms with E-state index in [9.17, 15) is 5.11 Å². The molecule has 0 spiro atoms. The molecule has 0 atom stereocenters. The second kappa shape index (κ2) is 32.9. The number of rotatable bonds is 20. The summed E-state index contributed by atoms with van der Waals surface area (Å²) < 4.78 is 0. The third-order valence-electron chi connectivity index (χ3n) is 9.39. The normalized spacial score (nSPS) is 13.2. The molecule has 0 aliphatic carbocycles. The number of hydrogen-bond donors (Lipinski definition) is 1. The van der Waals surface area contributed by atoms with E-state index in [-0.39, 0.29) is 0 Å². The predicted octanol–water partition coefficient (Wildman–Crippen LogP) is 16.1. The van der Waals surface area contributed by atoms with Gasteiger partial charge in [-0.25, -0.2) is 0 Å². The van der Waals surface area contributed by atoms with Gasteiger partial charge in [0, 0.05) is 55.7 Å². The van der Waals surface area contributed by atoms with Crippen molar-refractivity contribution in [3.63, 3.8) is 0 Å². The highest BCUT2D eigenvalue weighted by atomic mass is 28.3. The SMILES string of the molecule is CCC/C(C#C/C(CCC)=C(/C#C/C(CCC)=C(/C#CC(C)(C)O)CCC)CCC)=C(\C#C/C(CCC)=C(/C#C/C(CCC)=C(/C#C[Si](C)(C)C)CCC)CCC)CCC. The van der Waals surface area contributed by atoms with Crippen LogP contribution in [0.25, 0.3) is 0 Å². The molecule has 2 heteroatoms. The molecule has 0 saturated heterocycles. The molecule has 1 nitrogen and oxygen atoms in total. The molecule has 60 heavy (non-hydrogen) atoms. The Hall–Kier alpha value is -3.76. The summed E-state index contributed by atoms with van der Waals surface area (Å²) in [6, 6.07) is 0. The second-order valence-corrected chi connectivity index (χ2v) is 22.3. The lowest BCUT2D eigenvalue weighted by Crippen LogP contribution is -2.16. The fraction of sp³-hybridized carbons (Fsp3) is 0.621. The Labute approximate surface area is 374 Å². The monoisotopic (exact) mass is 827 g/mol. The first-order valence-electron chi connectivity index (χ1n) is 24.1. The molecule has 328 valence electrons. The minimum absolute atomic E-state index is 0.862. The van der Waals surface area contributed by atoms with Crippen LogP contribution < -0.4 is 0 Å². The number of aliphatic hydroxyl groups is 1. The Morgan fingerprint density at radius 2 is 0.483 bits per heavy atom. The first-order chi connectivity index (χ1) is 28.6. The summed E-state index contributed by atoms with van der Waals surface area (Å²) in [6.07, 6.45) is 19.4. The van der Waals surface area contributed by atoms with Crippen LogP contribution >= 0.6 is 0 Å². The summed E-state index contributed by atoms with van der Waals surface area (Å²) in [4.78, 5) is 0.